The van der Waals surface area contributed by atoms with E-state index in [1.54, 1.807) is 0 Å². The molecular formula is C25H29N3O2. The number of hydrogen-bond acceptors (Lipinski definition) is 4. The van der Waals surface area contributed by atoms with Crippen molar-refractivity contribution < 1.29 is 4.79 Å². The third-order valence-electron chi connectivity index (χ3n) is 7.48. The number of nitrogens with zero attached hydrogens (tertiary/aromatic N) is 3. The fourth-order valence-electron chi connectivity index (χ4n) is 5.79. The number of para-hydroxylation sites is 1. The quantitative estimate of drug-likeness (QED) is 0.663. The number of anilines is 2. The molecule has 1 amide bonds. The van der Waals surface area contributed by atoms with E-state index in [0.717, 1.165) is 62.0 Å². The van der Waals surface area contributed by atoms with Crippen LogP contribution in [-0.4, -0.2) is 31.6 Å². The van der Waals surface area contributed by atoms with Crippen LogP contribution >= 0.6 is 0 Å². The minimum Gasteiger partial charge on any atom is -0.372 e. The molecule has 1 aliphatic carbocycles. The molecule has 2 aromatic carbocycles. The van der Waals surface area contributed by atoms with E-state index in [4.69, 9.17) is 0 Å². The number of amides is 1. The minimum atomic E-state index is -0.139. The van der Waals surface area contributed by atoms with Crippen LogP contribution in [0.2, 0.25) is 0 Å². The van der Waals surface area contributed by atoms with E-state index in [2.05, 4.69) is 28.3 Å². The van der Waals surface area contributed by atoms with Gasteiger partial charge in [-0.05, 0) is 74.4 Å². The van der Waals surface area contributed by atoms with Crippen LogP contribution in [0.4, 0.5) is 11.4 Å². The highest BCUT2D eigenvalue weighted by molar-refractivity contribution is 6.06. The largest absolute Gasteiger partial charge is 0.372 e. The molecule has 2 atom stereocenters. The highest BCUT2D eigenvalue weighted by Crippen LogP contribution is 2.49. The van der Waals surface area contributed by atoms with Gasteiger partial charge >= 0.3 is 0 Å². The molecule has 1 spiro atoms. The summed E-state index contributed by atoms with van der Waals surface area (Å²) in [5.41, 5.74) is 3.96. The summed E-state index contributed by atoms with van der Waals surface area (Å²) >= 11 is 0. The van der Waals surface area contributed by atoms with Gasteiger partial charge in [-0.1, -0.05) is 29.8 Å². The lowest BCUT2D eigenvalue weighted by atomic mass is 9.75. The standard InChI is InChI=1S/C25H29N3O2/c29-24(19-9-11-21(12-10-19)27-15-3-4-16-27)28-17-14-25(13-5-8-23(25)26-30)18-20-6-1-2-7-22(20)28/h1-2,6-7,9-12,23H,3-5,8,13-18H2. The van der Waals surface area contributed by atoms with Gasteiger partial charge in [0.1, 0.15) is 0 Å². The first-order chi connectivity index (χ1) is 14.7. The Morgan fingerprint density at radius 1 is 0.933 bits per heavy atom. The number of hydrogen-bond donors (Lipinski definition) is 0. The Morgan fingerprint density at radius 3 is 2.47 bits per heavy atom. The van der Waals surface area contributed by atoms with E-state index >= 15 is 0 Å². The molecule has 2 heterocycles. The van der Waals surface area contributed by atoms with Crippen molar-refractivity contribution >= 4 is 17.3 Å². The van der Waals surface area contributed by atoms with Crippen LogP contribution in [0, 0.1) is 10.3 Å². The van der Waals surface area contributed by atoms with E-state index in [1.165, 1.54) is 18.5 Å². The lowest BCUT2D eigenvalue weighted by molar-refractivity contribution is 0.0983. The van der Waals surface area contributed by atoms with Gasteiger partial charge < -0.3 is 9.80 Å². The van der Waals surface area contributed by atoms with Crippen molar-refractivity contribution in [2.45, 2.75) is 51.0 Å². The van der Waals surface area contributed by atoms with E-state index in [1.807, 2.05) is 35.2 Å². The van der Waals surface area contributed by atoms with Gasteiger partial charge in [0.2, 0.25) is 0 Å². The maximum absolute atomic E-state index is 13.5. The van der Waals surface area contributed by atoms with Gasteiger partial charge in [0.15, 0.2) is 0 Å². The second-order valence-corrected chi connectivity index (χ2v) is 9.13. The van der Waals surface area contributed by atoms with E-state index in [0.29, 0.717) is 6.54 Å². The first kappa shape index (κ1) is 19.3. The van der Waals surface area contributed by atoms with E-state index in [9.17, 15) is 9.70 Å². The predicted octanol–water partition coefficient (Wildman–Crippen LogP) is 5.19. The van der Waals surface area contributed by atoms with Crippen LogP contribution in [-0.2, 0) is 6.42 Å². The highest BCUT2D eigenvalue weighted by atomic mass is 16.3. The summed E-state index contributed by atoms with van der Waals surface area (Å²) in [6, 6.07) is 16.1. The number of benzene rings is 2. The summed E-state index contributed by atoms with van der Waals surface area (Å²) in [6.45, 7) is 2.83. The smallest absolute Gasteiger partial charge is 0.258 e. The molecule has 2 aliphatic heterocycles. The van der Waals surface area contributed by atoms with Crippen molar-refractivity contribution in [3.63, 3.8) is 0 Å². The van der Waals surface area contributed by atoms with E-state index in [-0.39, 0.29) is 17.4 Å². The molecule has 5 nitrogen and oxygen atoms in total. The molecule has 1 saturated carbocycles. The zero-order chi connectivity index (χ0) is 20.6. The zero-order valence-corrected chi connectivity index (χ0v) is 17.4. The molecule has 1 saturated heterocycles. The molecule has 0 bridgehead atoms. The number of fused-ring (bicyclic) bond motifs is 1. The van der Waals surface area contributed by atoms with Gasteiger partial charge in [0.05, 0.1) is 6.04 Å². The van der Waals surface area contributed by atoms with Gasteiger partial charge in [0, 0.05) is 42.0 Å². The van der Waals surface area contributed by atoms with Gasteiger partial charge in [-0.15, -0.1) is 0 Å². The van der Waals surface area contributed by atoms with Crippen LogP contribution in [0.3, 0.4) is 0 Å². The summed E-state index contributed by atoms with van der Waals surface area (Å²) in [6.07, 6.45) is 7.08. The lowest BCUT2D eigenvalue weighted by Crippen LogP contribution is -2.35. The maximum Gasteiger partial charge on any atom is 0.258 e. The Bertz CT molecular complexity index is 936. The van der Waals surface area contributed by atoms with Crippen molar-refractivity contribution in [1.29, 1.82) is 0 Å². The summed E-state index contributed by atoms with van der Waals surface area (Å²) in [5.74, 6) is 0.0427. The van der Waals surface area contributed by atoms with Gasteiger partial charge in [-0.2, -0.15) is 4.91 Å². The molecule has 0 N–H and O–H groups in total. The Kier molecular flexibility index (Phi) is 5.05. The Balaban J connectivity index is 1.44. The Labute approximate surface area is 178 Å². The van der Waals surface area contributed by atoms with Crippen LogP contribution in [0.15, 0.2) is 53.7 Å². The molecule has 5 heteroatoms. The molecule has 0 aromatic heterocycles. The van der Waals surface area contributed by atoms with Crippen molar-refractivity contribution in [3.8, 4) is 0 Å². The number of carbonyl (C=O) groups excluding carboxylic acids is 1. The van der Waals surface area contributed by atoms with Crippen LogP contribution in [0.5, 0.6) is 0 Å². The van der Waals surface area contributed by atoms with Crippen molar-refractivity contribution in [2.24, 2.45) is 10.6 Å². The SMILES string of the molecule is O=NC1CCCC12CCN(C(=O)c1ccc(N3CCCC3)cc1)c1ccccc1C2. The first-order valence-electron chi connectivity index (χ1n) is 11.3. The fraction of sp³-hybridized carbons (Fsp3) is 0.480. The minimum absolute atomic E-state index is 0.0427. The molecule has 30 heavy (non-hydrogen) atoms. The van der Waals surface area contributed by atoms with Crippen LogP contribution in [0.1, 0.15) is 54.4 Å². The number of carbonyl (C=O) groups is 1. The normalized spacial score (nSPS) is 25.9. The predicted molar refractivity (Wildman–Crippen MR) is 120 cm³/mol. The topological polar surface area (TPSA) is 53.0 Å². The summed E-state index contributed by atoms with van der Waals surface area (Å²) in [7, 11) is 0. The average Bonchev–Trinajstić information content (AvgIpc) is 3.41. The first-order valence-corrected chi connectivity index (χ1v) is 11.3. The molecule has 2 unspecified atom stereocenters. The third-order valence-corrected chi connectivity index (χ3v) is 7.48. The average molecular weight is 404 g/mol. The second kappa shape index (κ2) is 7.86. The van der Waals surface area contributed by atoms with Gasteiger partial charge in [0.25, 0.3) is 5.91 Å². The lowest BCUT2D eigenvalue weighted by Gasteiger charge is -2.30. The molecule has 156 valence electrons. The molecule has 5 rings (SSSR count). The van der Waals surface area contributed by atoms with Crippen LogP contribution in [0.25, 0.3) is 0 Å². The summed E-state index contributed by atoms with van der Waals surface area (Å²) in [4.78, 5) is 29.4. The summed E-state index contributed by atoms with van der Waals surface area (Å²) in [5, 5.41) is 3.50. The molecule has 2 fully saturated rings. The van der Waals surface area contributed by atoms with Crippen molar-refractivity contribution in [1.82, 2.24) is 0 Å². The highest BCUT2D eigenvalue weighted by Gasteiger charge is 2.46. The summed E-state index contributed by atoms with van der Waals surface area (Å²) < 4.78 is 0. The third kappa shape index (κ3) is 3.30. The zero-order valence-electron chi connectivity index (χ0n) is 17.4. The number of rotatable bonds is 3. The molecule has 0 radical (unpaired) electrons. The maximum atomic E-state index is 13.5. The molecular weight excluding hydrogens is 374 g/mol. The van der Waals surface area contributed by atoms with Gasteiger partial charge in [-0.25, -0.2) is 0 Å². The Morgan fingerprint density at radius 2 is 1.70 bits per heavy atom. The molecule has 2 aromatic rings. The van der Waals surface area contributed by atoms with Crippen molar-refractivity contribution in [3.05, 3.63) is 64.6 Å². The van der Waals surface area contributed by atoms with Gasteiger partial charge in [-0.3, -0.25) is 4.79 Å². The molecule has 3 aliphatic rings. The Hall–Kier alpha value is -2.69. The second-order valence-electron chi connectivity index (χ2n) is 9.13. The fourth-order valence-corrected chi connectivity index (χ4v) is 5.79. The van der Waals surface area contributed by atoms with E-state index < -0.39 is 0 Å². The van der Waals surface area contributed by atoms with Crippen LogP contribution < -0.4 is 9.80 Å². The monoisotopic (exact) mass is 403 g/mol. The number of nitroso groups, excluding NO2 is 1. The van der Waals surface area contributed by atoms with Crippen molar-refractivity contribution in [2.75, 3.05) is 29.4 Å².